The molecule has 1 saturated carbocycles. The highest BCUT2D eigenvalue weighted by Gasteiger charge is 2.30. The number of hydrogen-bond acceptors (Lipinski definition) is 4. The molecule has 1 heterocycles. The monoisotopic (exact) mass is 546 g/mol. The third kappa shape index (κ3) is 7.30. The lowest BCUT2D eigenvalue weighted by Gasteiger charge is -2.31. The number of rotatable bonds is 8. The molecule has 0 aliphatic heterocycles. The van der Waals surface area contributed by atoms with Crippen LogP contribution in [0.4, 0.5) is 24.5 Å². The van der Waals surface area contributed by atoms with E-state index >= 15 is 0 Å². The minimum atomic E-state index is -4.37. The fourth-order valence-corrected chi connectivity index (χ4v) is 5.34. The molecule has 2 aromatic carbocycles. The van der Waals surface area contributed by atoms with E-state index in [0.29, 0.717) is 39.6 Å². The van der Waals surface area contributed by atoms with E-state index in [0.717, 1.165) is 43.3 Å². The van der Waals surface area contributed by atoms with Crippen LogP contribution in [-0.4, -0.2) is 56.0 Å². The molecule has 0 bridgehead atoms. The Morgan fingerprint density at radius 3 is 2.53 bits per heavy atom. The summed E-state index contributed by atoms with van der Waals surface area (Å²) >= 11 is 6.01. The van der Waals surface area contributed by atoms with Gasteiger partial charge in [-0.2, -0.15) is 13.2 Å². The van der Waals surface area contributed by atoms with Gasteiger partial charge in [0.1, 0.15) is 12.3 Å². The molecular formula is C29H34ClF3N4O. The molecule has 0 amide bonds. The predicted octanol–water partition coefficient (Wildman–Crippen LogP) is 6.86. The molecule has 0 spiro atoms. The number of hydrogen-bond donors (Lipinski definition) is 2. The molecule has 1 fully saturated rings. The maximum absolute atomic E-state index is 13.5. The number of nitrogens with zero attached hydrogens (tertiary/aromatic N) is 2. The van der Waals surface area contributed by atoms with Crippen LogP contribution in [0.3, 0.4) is 0 Å². The first-order valence-electron chi connectivity index (χ1n) is 12.8. The Kier molecular flexibility index (Phi) is 9.01. The van der Waals surface area contributed by atoms with Crippen LogP contribution in [0, 0.1) is 17.8 Å². The summed E-state index contributed by atoms with van der Waals surface area (Å²) < 4.78 is 47.2. The van der Waals surface area contributed by atoms with Gasteiger partial charge in [0.2, 0.25) is 0 Å². The third-order valence-corrected chi connectivity index (χ3v) is 7.10. The van der Waals surface area contributed by atoms with Gasteiger partial charge in [-0.05, 0) is 81.9 Å². The number of benzene rings is 2. The molecule has 0 atom stereocenters. The van der Waals surface area contributed by atoms with Gasteiger partial charge in [0, 0.05) is 34.7 Å². The maximum Gasteiger partial charge on any atom is 0.406 e. The number of fused-ring (bicyclic) bond motifs is 1. The number of methoxy groups -OCH3 is 1. The summed E-state index contributed by atoms with van der Waals surface area (Å²) in [4.78, 5) is 2.23. The van der Waals surface area contributed by atoms with Crippen LogP contribution < -0.4 is 15.4 Å². The average molecular weight is 547 g/mol. The normalized spacial score (nSPS) is 17.8. The lowest BCUT2D eigenvalue weighted by atomic mass is 9.85. The molecule has 3 aromatic rings. The van der Waals surface area contributed by atoms with Crippen molar-refractivity contribution >= 4 is 33.9 Å². The summed E-state index contributed by atoms with van der Waals surface area (Å²) in [6.45, 7) is 0.217. The Labute approximate surface area is 227 Å². The number of alkyl halides is 3. The molecule has 2 N–H and O–H groups in total. The molecule has 0 radical (unpaired) electrons. The van der Waals surface area contributed by atoms with Gasteiger partial charge >= 0.3 is 6.18 Å². The first-order chi connectivity index (χ1) is 18.1. The summed E-state index contributed by atoms with van der Waals surface area (Å²) in [5.74, 6) is 7.17. The van der Waals surface area contributed by atoms with Crippen LogP contribution in [-0.2, 0) is 6.54 Å². The highest BCUT2D eigenvalue weighted by molar-refractivity contribution is 6.30. The predicted molar refractivity (Wildman–Crippen MR) is 149 cm³/mol. The van der Waals surface area contributed by atoms with E-state index in [1.165, 1.54) is 4.57 Å². The Balaban J connectivity index is 1.54. The van der Waals surface area contributed by atoms with Gasteiger partial charge in [0.05, 0.1) is 30.6 Å². The molecule has 4 rings (SSSR count). The lowest BCUT2D eigenvalue weighted by molar-refractivity contribution is -0.140. The van der Waals surface area contributed by atoms with Crippen molar-refractivity contribution in [1.82, 2.24) is 9.47 Å². The number of anilines is 2. The van der Waals surface area contributed by atoms with Crippen LogP contribution in [0.2, 0.25) is 5.02 Å². The highest BCUT2D eigenvalue weighted by atomic mass is 35.5. The Hall–Kier alpha value is -3.02. The summed E-state index contributed by atoms with van der Waals surface area (Å²) in [6, 6.07) is 12.7. The molecule has 38 heavy (non-hydrogen) atoms. The Morgan fingerprint density at radius 2 is 1.84 bits per heavy atom. The zero-order chi connectivity index (χ0) is 27.3. The number of ether oxygens (including phenoxy) is 1. The molecule has 1 aromatic heterocycles. The molecule has 0 unspecified atom stereocenters. The summed E-state index contributed by atoms with van der Waals surface area (Å²) in [5.41, 5.74) is 2.40. The first-order valence-corrected chi connectivity index (χ1v) is 13.2. The quantitative estimate of drug-likeness (QED) is 0.303. The summed E-state index contributed by atoms with van der Waals surface area (Å²) in [6.07, 6.45) is 0.00687. The van der Waals surface area contributed by atoms with E-state index in [9.17, 15) is 13.2 Å². The maximum atomic E-state index is 13.5. The van der Waals surface area contributed by atoms with Crippen LogP contribution in [0.15, 0.2) is 42.5 Å². The van der Waals surface area contributed by atoms with E-state index in [-0.39, 0.29) is 6.54 Å². The van der Waals surface area contributed by atoms with Crippen LogP contribution >= 0.6 is 11.6 Å². The minimum absolute atomic E-state index is 0.229. The van der Waals surface area contributed by atoms with E-state index < -0.39 is 12.7 Å². The summed E-state index contributed by atoms with van der Waals surface area (Å²) in [5, 5.41) is 8.05. The number of halogens is 4. The second-order valence-corrected chi connectivity index (χ2v) is 10.5. The molecule has 0 saturated heterocycles. The molecule has 1 aliphatic rings. The first kappa shape index (κ1) is 28.0. The fourth-order valence-electron chi connectivity index (χ4n) is 5.17. The van der Waals surface area contributed by atoms with E-state index in [1.54, 1.807) is 43.5 Å². The Morgan fingerprint density at radius 1 is 1.08 bits per heavy atom. The highest BCUT2D eigenvalue weighted by Crippen LogP contribution is 2.33. The fraction of sp³-hybridized carbons (Fsp3) is 0.448. The van der Waals surface area contributed by atoms with Crippen molar-refractivity contribution in [3.8, 4) is 17.6 Å². The molecule has 1 aliphatic carbocycles. The zero-order valence-electron chi connectivity index (χ0n) is 22.0. The van der Waals surface area contributed by atoms with Crippen molar-refractivity contribution in [2.24, 2.45) is 5.92 Å². The largest absolute Gasteiger partial charge is 0.495 e. The van der Waals surface area contributed by atoms with Crippen molar-refractivity contribution in [3.05, 3.63) is 53.2 Å². The van der Waals surface area contributed by atoms with Gasteiger partial charge < -0.3 is 24.8 Å². The second-order valence-electron chi connectivity index (χ2n) is 10.1. The van der Waals surface area contributed by atoms with Gasteiger partial charge in [-0.15, -0.1) is 0 Å². The van der Waals surface area contributed by atoms with Gasteiger partial charge in [-0.25, -0.2) is 0 Å². The van der Waals surface area contributed by atoms with E-state index in [1.807, 2.05) is 6.07 Å². The van der Waals surface area contributed by atoms with E-state index in [4.69, 9.17) is 16.3 Å². The third-order valence-electron chi connectivity index (χ3n) is 6.86. The van der Waals surface area contributed by atoms with Gasteiger partial charge in [-0.3, -0.25) is 0 Å². The Bertz CT molecular complexity index is 1300. The van der Waals surface area contributed by atoms with Crippen molar-refractivity contribution in [1.29, 1.82) is 0 Å². The standard InChI is InChI=1S/C29H34ClF3N4O/c1-36(2)18-20-9-12-22(13-10-20)35-25-7-4-8-27-24(25)17-23(37(27)19-29(31,32)33)6-5-15-34-26-14-11-21(30)16-28(26)38-3/h4,7-8,11,14,16-17,20,22,34-35H,9-10,12-13,15,18-19H2,1-3H3. The zero-order valence-corrected chi connectivity index (χ0v) is 22.7. The van der Waals surface area contributed by atoms with Gasteiger partial charge in [0.25, 0.3) is 0 Å². The lowest BCUT2D eigenvalue weighted by Crippen LogP contribution is -2.30. The van der Waals surface area contributed by atoms with Crippen LogP contribution in [0.1, 0.15) is 31.4 Å². The molecule has 5 nitrogen and oxygen atoms in total. The van der Waals surface area contributed by atoms with Crippen molar-refractivity contribution in [2.45, 2.75) is 44.4 Å². The average Bonchev–Trinajstić information content (AvgIpc) is 3.20. The van der Waals surface area contributed by atoms with Crippen molar-refractivity contribution in [3.63, 3.8) is 0 Å². The van der Waals surface area contributed by atoms with Gasteiger partial charge in [-0.1, -0.05) is 23.6 Å². The van der Waals surface area contributed by atoms with Gasteiger partial charge in [0.15, 0.2) is 0 Å². The minimum Gasteiger partial charge on any atom is -0.495 e. The summed E-state index contributed by atoms with van der Waals surface area (Å²) in [7, 11) is 5.74. The number of aromatic nitrogens is 1. The smallest absolute Gasteiger partial charge is 0.406 e. The van der Waals surface area contributed by atoms with Crippen LogP contribution in [0.25, 0.3) is 10.9 Å². The SMILES string of the molecule is COc1cc(Cl)ccc1NCC#Cc1cc2c(NC3CCC(CN(C)C)CC3)cccc2n1CC(F)(F)F. The second kappa shape index (κ2) is 12.2. The topological polar surface area (TPSA) is 41.5 Å². The van der Waals surface area contributed by atoms with Crippen molar-refractivity contribution in [2.75, 3.05) is 44.9 Å². The number of nitrogens with one attached hydrogen (secondary N) is 2. The van der Waals surface area contributed by atoms with Crippen molar-refractivity contribution < 1.29 is 17.9 Å². The van der Waals surface area contributed by atoms with E-state index in [2.05, 4.69) is 41.5 Å². The molecule has 204 valence electrons. The molecule has 9 heteroatoms. The molecular weight excluding hydrogens is 513 g/mol. The van der Waals surface area contributed by atoms with Crippen LogP contribution in [0.5, 0.6) is 5.75 Å².